The molecular weight excluding hydrogens is 345 g/mol. The van der Waals surface area contributed by atoms with Crippen LogP contribution in [-0.2, 0) is 13.1 Å². The average Bonchev–Trinajstić information content (AvgIpc) is 2.72. The molecule has 1 aromatic heterocycles. The average molecular weight is 363 g/mol. The Morgan fingerprint density at radius 3 is 1.96 bits per heavy atom. The van der Waals surface area contributed by atoms with E-state index in [-0.39, 0.29) is 24.2 Å². The van der Waals surface area contributed by atoms with Gasteiger partial charge in [0.1, 0.15) is 5.82 Å². The number of hydrogen-bond donors (Lipinski definition) is 2. The largest absolute Gasteiger partial charge is 0.348 e. The molecule has 136 valence electrons. The van der Waals surface area contributed by atoms with E-state index in [1.54, 1.807) is 54.7 Å². The first-order valence-electron chi connectivity index (χ1n) is 8.43. The first-order valence-corrected chi connectivity index (χ1v) is 8.43. The Kier molecular flexibility index (Phi) is 5.89. The molecule has 0 atom stereocenters. The van der Waals surface area contributed by atoms with E-state index in [1.807, 2.05) is 12.1 Å². The van der Waals surface area contributed by atoms with Gasteiger partial charge >= 0.3 is 0 Å². The summed E-state index contributed by atoms with van der Waals surface area (Å²) >= 11 is 0. The summed E-state index contributed by atoms with van der Waals surface area (Å²) in [4.78, 5) is 28.5. The smallest absolute Gasteiger partial charge is 0.251 e. The highest BCUT2D eigenvalue weighted by Crippen LogP contribution is 2.08. The van der Waals surface area contributed by atoms with Crippen LogP contribution < -0.4 is 10.6 Å². The molecule has 0 spiro atoms. The van der Waals surface area contributed by atoms with Gasteiger partial charge in [-0.25, -0.2) is 4.39 Å². The number of nitrogens with one attached hydrogen (secondary N) is 2. The summed E-state index contributed by atoms with van der Waals surface area (Å²) in [6.07, 6.45) is 1.66. The Morgan fingerprint density at radius 2 is 1.37 bits per heavy atom. The highest BCUT2D eigenvalue weighted by Gasteiger charge is 2.10. The Bertz CT molecular complexity index is 928. The molecule has 0 saturated carbocycles. The van der Waals surface area contributed by atoms with Gasteiger partial charge in [-0.05, 0) is 42.5 Å². The molecule has 0 aliphatic rings. The second kappa shape index (κ2) is 8.71. The third-order valence-electron chi connectivity index (χ3n) is 3.96. The molecule has 0 saturated heterocycles. The standard InChI is InChI=1S/C21H18FN3O2/c22-19-7-2-1-5-17(19)13-24-20(26)15-8-10-16(11-9-15)21(27)25-14-18-6-3-4-12-23-18/h1-12H,13-14H2,(H,24,26)(H,25,27). The maximum absolute atomic E-state index is 13.6. The molecule has 2 aromatic carbocycles. The molecule has 6 heteroatoms. The van der Waals surface area contributed by atoms with Crippen LogP contribution in [0, 0.1) is 5.82 Å². The Hall–Kier alpha value is -3.54. The lowest BCUT2D eigenvalue weighted by Crippen LogP contribution is -2.25. The number of pyridine rings is 1. The summed E-state index contributed by atoms with van der Waals surface area (Å²) < 4.78 is 13.6. The number of hydrogen-bond acceptors (Lipinski definition) is 3. The minimum absolute atomic E-state index is 0.0951. The van der Waals surface area contributed by atoms with Gasteiger partial charge in [-0.3, -0.25) is 14.6 Å². The van der Waals surface area contributed by atoms with Crippen LogP contribution in [0.1, 0.15) is 32.0 Å². The van der Waals surface area contributed by atoms with E-state index in [4.69, 9.17) is 0 Å². The van der Waals surface area contributed by atoms with Crippen molar-refractivity contribution >= 4 is 11.8 Å². The van der Waals surface area contributed by atoms with Crippen LogP contribution in [0.5, 0.6) is 0 Å². The first-order chi connectivity index (χ1) is 13.1. The lowest BCUT2D eigenvalue weighted by molar-refractivity contribution is 0.0938. The third-order valence-corrected chi connectivity index (χ3v) is 3.96. The van der Waals surface area contributed by atoms with Crippen molar-refractivity contribution in [2.75, 3.05) is 0 Å². The minimum Gasteiger partial charge on any atom is -0.348 e. The van der Waals surface area contributed by atoms with Gasteiger partial charge < -0.3 is 10.6 Å². The molecule has 5 nitrogen and oxygen atoms in total. The molecule has 2 amide bonds. The van der Waals surface area contributed by atoms with E-state index >= 15 is 0 Å². The van der Waals surface area contributed by atoms with Crippen molar-refractivity contribution in [1.29, 1.82) is 0 Å². The van der Waals surface area contributed by atoms with Crippen LogP contribution in [-0.4, -0.2) is 16.8 Å². The summed E-state index contributed by atoms with van der Waals surface area (Å²) in [6, 6.07) is 18.0. The number of carbonyl (C=O) groups excluding carboxylic acids is 2. The number of amides is 2. The van der Waals surface area contributed by atoms with Crippen molar-refractivity contribution in [1.82, 2.24) is 15.6 Å². The molecular formula is C21H18FN3O2. The van der Waals surface area contributed by atoms with Gasteiger partial charge in [0.05, 0.1) is 12.2 Å². The van der Waals surface area contributed by atoms with Gasteiger partial charge in [-0.15, -0.1) is 0 Å². The second-order valence-corrected chi connectivity index (χ2v) is 5.86. The SMILES string of the molecule is O=C(NCc1ccccn1)c1ccc(C(=O)NCc2ccccc2F)cc1. The van der Waals surface area contributed by atoms with E-state index in [0.717, 1.165) is 5.69 Å². The molecule has 0 fully saturated rings. The monoisotopic (exact) mass is 363 g/mol. The van der Waals surface area contributed by atoms with Gasteiger partial charge in [0, 0.05) is 29.4 Å². The topological polar surface area (TPSA) is 71.1 Å². The summed E-state index contributed by atoms with van der Waals surface area (Å²) in [5, 5.41) is 5.44. The van der Waals surface area contributed by atoms with Crippen molar-refractivity contribution in [3.63, 3.8) is 0 Å². The zero-order valence-corrected chi connectivity index (χ0v) is 14.5. The van der Waals surface area contributed by atoms with Crippen molar-refractivity contribution < 1.29 is 14.0 Å². The summed E-state index contributed by atoms with van der Waals surface area (Å²) in [6.45, 7) is 0.419. The quantitative estimate of drug-likeness (QED) is 0.707. The minimum atomic E-state index is -0.363. The van der Waals surface area contributed by atoms with Crippen molar-refractivity contribution in [2.45, 2.75) is 13.1 Å². The fourth-order valence-corrected chi connectivity index (χ4v) is 2.47. The molecule has 27 heavy (non-hydrogen) atoms. The van der Waals surface area contributed by atoms with Gasteiger partial charge in [0.15, 0.2) is 0 Å². The molecule has 0 aliphatic carbocycles. The number of rotatable bonds is 6. The van der Waals surface area contributed by atoms with Gasteiger partial charge in [-0.1, -0.05) is 24.3 Å². The van der Waals surface area contributed by atoms with Crippen LogP contribution in [0.2, 0.25) is 0 Å². The first kappa shape index (κ1) is 18.3. The van der Waals surface area contributed by atoms with Gasteiger partial charge in [-0.2, -0.15) is 0 Å². The maximum Gasteiger partial charge on any atom is 0.251 e. The van der Waals surface area contributed by atoms with Crippen molar-refractivity contribution in [3.05, 3.63) is 101 Å². The van der Waals surface area contributed by atoms with E-state index in [1.165, 1.54) is 6.07 Å². The number of carbonyl (C=O) groups is 2. The Labute approximate surface area is 156 Å². The normalized spacial score (nSPS) is 10.3. The molecule has 0 bridgehead atoms. The van der Waals surface area contributed by atoms with Crippen LogP contribution in [0.3, 0.4) is 0 Å². The van der Waals surface area contributed by atoms with E-state index in [9.17, 15) is 14.0 Å². The Morgan fingerprint density at radius 1 is 0.778 bits per heavy atom. The third kappa shape index (κ3) is 4.98. The zero-order valence-electron chi connectivity index (χ0n) is 14.5. The number of aromatic nitrogens is 1. The van der Waals surface area contributed by atoms with Gasteiger partial charge in [0.2, 0.25) is 0 Å². The molecule has 0 radical (unpaired) electrons. The summed E-state index contributed by atoms with van der Waals surface area (Å²) in [7, 11) is 0. The van der Waals surface area contributed by atoms with E-state index in [2.05, 4.69) is 15.6 Å². The maximum atomic E-state index is 13.6. The second-order valence-electron chi connectivity index (χ2n) is 5.86. The highest BCUT2D eigenvalue weighted by molar-refractivity contribution is 5.97. The van der Waals surface area contributed by atoms with Crippen molar-refractivity contribution in [2.24, 2.45) is 0 Å². The summed E-state index contributed by atoms with van der Waals surface area (Å²) in [5.41, 5.74) is 2.01. The molecule has 3 aromatic rings. The zero-order chi connectivity index (χ0) is 19.1. The number of nitrogens with zero attached hydrogens (tertiary/aromatic N) is 1. The lowest BCUT2D eigenvalue weighted by atomic mass is 10.1. The molecule has 0 aliphatic heterocycles. The van der Waals surface area contributed by atoms with Gasteiger partial charge in [0.25, 0.3) is 11.8 Å². The van der Waals surface area contributed by atoms with Crippen LogP contribution in [0.15, 0.2) is 72.9 Å². The van der Waals surface area contributed by atoms with Crippen LogP contribution in [0.25, 0.3) is 0 Å². The van der Waals surface area contributed by atoms with E-state index < -0.39 is 0 Å². The van der Waals surface area contributed by atoms with E-state index in [0.29, 0.717) is 23.2 Å². The fourth-order valence-electron chi connectivity index (χ4n) is 2.47. The fraction of sp³-hybridized carbons (Fsp3) is 0.0952. The molecule has 3 rings (SSSR count). The molecule has 0 unspecified atom stereocenters. The number of halogens is 1. The highest BCUT2D eigenvalue weighted by atomic mass is 19.1. The lowest BCUT2D eigenvalue weighted by Gasteiger charge is -2.08. The number of benzene rings is 2. The predicted molar refractivity (Wildman–Crippen MR) is 99.4 cm³/mol. The Balaban J connectivity index is 1.55. The van der Waals surface area contributed by atoms with Crippen LogP contribution >= 0.6 is 0 Å². The summed E-state index contributed by atoms with van der Waals surface area (Å²) in [5.74, 6) is -0.949. The predicted octanol–water partition coefficient (Wildman–Crippen LogP) is 3.08. The van der Waals surface area contributed by atoms with Crippen molar-refractivity contribution in [3.8, 4) is 0 Å². The molecule has 1 heterocycles. The van der Waals surface area contributed by atoms with Crippen LogP contribution in [0.4, 0.5) is 4.39 Å². The molecule has 2 N–H and O–H groups in total.